The van der Waals surface area contributed by atoms with E-state index in [1.54, 1.807) is 24.0 Å². The highest BCUT2D eigenvalue weighted by atomic mass is 35.5. The summed E-state index contributed by atoms with van der Waals surface area (Å²) >= 11 is 14.4. The summed E-state index contributed by atoms with van der Waals surface area (Å²) in [5.41, 5.74) is 2.15. The summed E-state index contributed by atoms with van der Waals surface area (Å²) in [6, 6.07) is 14.2. The highest BCUT2D eigenvalue weighted by molar-refractivity contribution is 7.99. The molecule has 0 amide bonds. The molecule has 4 aromatic rings. The van der Waals surface area contributed by atoms with Crippen molar-refractivity contribution in [1.82, 2.24) is 19.1 Å². The van der Waals surface area contributed by atoms with Gasteiger partial charge in [0.2, 0.25) is 0 Å². The lowest BCUT2D eigenvalue weighted by Gasteiger charge is -2.19. The van der Waals surface area contributed by atoms with Crippen LogP contribution in [-0.2, 0) is 6.54 Å². The van der Waals surface area contributed by atoms with Crippen LogP contribution >= 0.6 is 35.0 Å². The minimum Gasteiger partial charge on any atom is -0.336 e. The maximum atomic E-state index is 6.51. The highest BCUT2D eigenvalue weighted by Gasteiger charge is 2.18. The molecule has 4 rings (SSSR count). The molecular weight excluding hydrogens is 411 g/mol. The quantitative estimate of drug-likeness (QED) is 0.342. The van der Waals surface area contributed by atoms with Crippen LogP contribution in [0.4, 0.5) is 0 Å². The Morgan fingerprint density at radius 1 is 1.04 bits per heavy atom. The van der Waals surface area contributed by atoms with Gasteiger partial charge in [-0.3, -0.25) is 0 Å². The van der Waals surface area contributed by atoms with Crippen molar-refractivity contribution >= 4 is 35.0 Å². The molecule has 0 spiro atoms. The number of benzene rings is 2. The molecule has 0 aliphatic heterocycles. The van der Waals surface area contributed by atoms with E-state index in [2.05, 4.69) is 43.4 Å². The van der Waals surface area contributed by atoms with Crippen molar-refractivity contribution in [1.29, 1.82) is 0 Å². The highest BCUT2D eigenvalue weighted by Crippen LogP contribution is 2.40. The van der Waals surface area contributed by atoms with Crippen LogP contribution in [0.1, 0.15) is 16.6 Å². The Bertz CT molecular complexity index is 1060. The molecule has 0 radical (unpaired) electrons. The van der Waals surface area contributed by atoms with Gasteiger partial charge in [-0.15, -0.1) is 11.8 Å². The number of aromatic nitrogens is 4. The summed E-state index contributed by atoms with van der Waals surface area (Å²) in [5.74, 6) is 0.964. The zero-order valence-electron chi connectivity index (χ0n) is 15.2. The molecule has 0 bridgehead atoms. The Morgan fingerprint density at radius 3 is 2.50 bits per heavy atom. The minimum atomic E-state index is 0.125. The number of thioether (sulfide) groups is 1. The molecule has 4 nitrogen and oxygen atoms in total. The minimum absolute atomic E-state index is 0.125. The molecule has 2 heterocycles. The summed E-state index contributed by atoms with van der Waals surface area (Å²) in [6.07, 6.45) is 9.34. The third-order valence-electron chi connectivity index (χ3n) is 4.46. The van der Waals surface area contributed by atoms with Gasteiger partial charge >= 0.3 is 0 Å². The van der Waals surface area contributed by atoms with Crippen LogP contribution in [0, 0.1) is 6.92 Å². The van der Waals surface area contributed by atoms with Gasteiger partial charge in [-0.05, 0) is 48.9 Å². The van der Waals surface area contributed by atoms with Crippen LogP contribution in [0.15, 0.2) is 78.5 Å². The van der Waals surface area contributed by atoms with Crippen molar-refractivity contribution in [2.75, 3.05) is 0 Å². The van der Waals surface area contributed by atoms with Crippen LogP contribution in [-0.4, -0.2) is 19.1 Å². The first kappa shape index (κ1) is 19.1. The number of halogens is 2. The molecular formula is C21H18Cl2N4S. The molecule has 0 aliphatic carbocycles. The number of rotatable bonds is 6. The molecule has 0 fully saturated rings. The lowest BCUT2D eigenvalue weighted by molar-refractivity contribution is 0.683. The van der Waals surface area contributed by atoms with Crippen molar-refractivity contribution in [3.05, 3.63) is 95.0 Å². The molecule has 0 aliphatic rings. The Morgan fingerprint density at radius 2 is 1.86 bits per heavy atom. The van der Waals surface area contributed by atoms with Gasteiger partial charge < -0.3 is 9.13 Å². The van der Waals surface area contributed by atoms with Gasteiger partial charge in [-0.25, -0.2) is 9.97 Å². The van der Waals surface area contributed by atoms with E-state index in [9.17, 15) is 0 Å². The Kier molecular flexibility index (Phi) is 5.76. The molecule has 28 heavy (non-hydrogen) atoms. The fourth-order valence-corrected chi connectivity index (χ4v) is 4.85. The third kappa shape index (κ3) is 4.27. The summed E-state index contributed by atoms with van der Waals surface area (Å²) in [5, 5.41) is 1.44. The lowest BCUT2D eigenvalue weighted by atomic mass is 10.1. The van der Waals surface area contributed by atoms with Gasteiger partial charge in [0, 0.05) is 52.0 Å². The maximum Gasteiger partial charge on any atom is 0.110 e. The number of aryl methyl sites for hydroxylation is 1. The number of hydrogen-bond donors (Lipinski definition) is 0. The lowest BCUT2D eigenvalue weighted by Crippen LogP contribution is -2.05. The van der Waals surface area contributed by atoms with Crippen LogP contribution in [0.2, 0.25) is 10.0 Å². The van der Waals surface area contributed by atoms with Crippen LogP contribution in [0.3, 0.4) is 0 Å². The van der Waals surface area contributed by atoms with Gasteiger partial charge in [-0.2, -0.15) is 0 Å². The van der Waals surface area contributed by atoms with Crippen LogP contribution in [0.5, 0.6) is 0 Å². The van der Waals surface area contributed by atoms with Gasteiger partial charge in [0.1, 0.15) is 5.82 Å². The number of nitrogens with zero attached hydrogens (tertiary/aromatic N) is 4. The average molecular weight is 429 g/mol. The topological polar surface area (TPSA) is 35.6 Å². The maximum absolute atomic E-state index is 6.51. The van der Waals surface area contributed by atoms with Gasteiger partial charge in [0.15, 0.2) is 0 Å². The fourth-order valence-electron chi connectivity index (χ4n) is 3.05. The summed E-state index contributed by atoms with van der Waals surface area (Å²) in [6.45, 7) is 2.75. The van der Waals surface area contributed by atoms with Crippen LogP contribution < -0.4 is 0 Å². The average Bonchev–Trinajstić information content (AvgIpc) is 3.34. The van der Waals surface area contributed by atoms with E-state index in [1.807, 2.05) is 44.0 Å². The van der Waals surface area contributed by atoms with Crippen molar-refractivity contribution in [3.8, 4) is 5.69 Å². The first-order valence-corrected chi connectivity index (χ1v) is 10.4. The number of hydrogen-bond acceptors (Lipinski definition) is 3. The van der Waals surface area contributed by atoms with E-state index in [0.29, 0.717) is 10.0 Å². The molecule has 142 valence electrons. The molecule has 2 aromatic carbocycles. The standard InChI is InChI=1S/C21H18Cl2N4S/c1-15-25-9-11-27(15)17-3-5-18(6-4-17)28-21(13-26-10-8-24-14-26)19-7-2-16(22)12-20(19)23/h2-12,14,21H,13H2,1H3. The van der Waals surface area contributed by atoms with E-state index >= 15 is 0 Å². The SMILES string of the molecule is Cc1nccn1-c1ccc(SC(Cn2ccnc2)c2ccc(Cl)cc2Cl)cc1. The fraction of sp³-hybridized carbons (Fsp3) is 0.143. The van der Waals surface area contributed by atoms with E-state index in [-0.39, 0.29) is 5.25 Å². The van der Waals surface area contributed by atoms with Gasteiger partial charge in [0.05, 0.1) is 11.6 Å². The van der Waals surface area contributed by atoms with Crippen molar-refractivity contribution in [2.45, 2.75) is 23.6 Å². The molecule has 7 heteroatoms. The van der Waals surface area contributed by atoms with Crippen molar-refractivity contribution in [3.63, 3.8) is 0 Å². The first-order chi connectivity index (χ1) is 13.6. The van der Waals surface area contributed by atoms with Crippen molar-refractivity contribution < 1.29 is 0 Å². The molecule has 0 N–H and O–H groups in total. The summed E-state index contributed by atoms with van der Waals surface area (Å²) in [4.78, 5) is 9.60. The van der Waals surface area contributed by atoms with E-state index in [1.165, 1.54) is 0 Å². The first-order valence-electron chi connectivity index (χ1n) is 8.78. The predicted molar refractivity (Wildman–Crippen MR) is 116 cm³/mol. The Labute approximate surface area is 178 Å². The predicted octanol–water partition coefficient (Wildman–Crippen LogP) is 6.22. The zero-order valence-corrected chi connectivity index (χ0v) is 17.5. The largest absolute Gasteiger partial charge is 0.336 e. The molecule has 1 unspecified atom stereocenters. The molecule has 0 saturated heterocycles. The normalized spacial score (nSPS) is 12.2. The van der Waals surface area contributed by atoms with E-state index in [4.69, 9.17) is 23.2 Å². The second kappa shape index (κ2) is 8.43. The van der Waals surface area contributed by atoms with Crippen molar-refractivity contribution in [2.24, 2.45) is 0 Å². The second-order valence-corrected chi connectivity index (χ2v) is 8.49. The molecule has 2 aromatic heterocycles. The number of imidazole rings is 2. The summed E-state index contributed by atoms with van der Waals surface area (Å²) in [7, 11) is 0. The Hall–Kier alpha value is -2.21. The van der Waals surface area contributed by atoms with Gasteiger partial charge in [-0.1, -0.05) is 29.3 Å². The summed E-state index contributed by atoms with van der Waals surface area (Å²) < 4.78 is 4.12. The van der Waals surface area contributed by atoms with E-state index < -0.39 is 0 Å². The molecule has 1 atom stereocenters. The van der Waals surface area contributed by atoms with E-state index in [0.717, 1.165) is 28.5 Å². The monoisotopic (exact) mass is 428 g/mol. The van der Waals surface area contributed by atoms with Gasteiger partial charge in [0.25, 0.3) is 0 Å². The Balaban J connectivity index is 1.61. The van der Waals surface area contributed by atoms with Crippen LogP contribution in [0.25, 0.3) is 5.69 Å². The third-order valence-corrected chi connectivity index (χ3v) is 6.26. The smallest absolute Gasteiger partial charge is 0.110 e. The zero-order chi connectivity index (χ0) is 19.5. The molecule has 0 saturated carbocycles. The second-order valence-electron chi connectivity index (χ2n) is 6.37.